The van der Waals surface area contributed by atoms with Crippen LogP contribution in [0.4, 0.5) is 0 Å². The van der Waals surface area contributed by atoms with E-state index >= 15 is 0 Å². The molecular weight excluding hydrogens is 270 g/mol. The summed E-state index contributed by atoms with van der Waals surface area (Å²) in [5.74, 6) is 0.915. The van der Waals surface area contributed by atoms with Gasteiger partial charge in [0.15, 0.2) is 0 Å². The van der Waals surface area contributed by atoms with Crippen LogP contribution in [0.15, 0.2) is 24.3 Å². The molecule has 0 aliphatic carbocycles. The van der Waals surface area contributed by atoms with Gasteiger partial charge in [-0.05, 0) is 18.6 Å². The Kier molecular flexibility index (Phi) is 5.49. The molecule has 0 spiro atoms. The molecule has 5 heteroatoms. The van der Waals surface area contributed by atoms with E-state index in [2.05, 4.69) is 22.5 Å². The third kappa shape index (κ3) is 3.77. The first-order chi connectivity index (χ1) is 9.72. The van der Waals surface area contributed by atoms with Crippen LogP contribution in [0.3, 0.4) is 0 Å². The predicted molar refractivity (Wildman–Crippen MR) is 85.9 cm³/mol. The summed E-state index contributed by atoms with van der Waals surface area (Å²) < 4.78 is 7.80. The van der Waals surface area contributed by atoms with Crippen molar-refractivity contribution in [3.63, 3.8) is 0 Å². The van der Waals surface area contributed by atoms with E-state index in [0.29, 0.717) is 18.0 Å². The molecule has 0 bridgehead atoms. The van der Waals surface area contributed by atoms with Crippen molar-refractivity contribution >= 4 is 28.2 Å². The predicted octanol–water partition coefficient (Wildman–Crippen LogP) is 2.68. The molecule has 0 saturated carbocycles. The van der Waals surface area contributed by atoms with Crippen molar-refractivity contribution < 1.29 is 4.74 Å². The van der Waals surface area contributed by atoms with Gasteiger partial charge >= 0.3 is 0 Å². The van der Waals surface area contributed by atoms with E-state index in [4.69, 9.17) is 22.7 Å². The summed E-state index contributed by atoms with van der Waals surface area (Å²) in [5.41, 5.74) is 7.74. The lowest BCUT2D eigenvalue weighted by Crippen LogP contribution is -2.17. The van der Waals surface area contributed by atoms with E-state index in [1.54, 1.807) is 0 Å². The van der Waals surface area contributed by atoms with Gasteiger partial charge in [-0.25, -0.2) is 4.98 Å². The topological polar surface area (TPSA) is 53.1 Å². The number of para-hydroxylation sites is 2. The second kappa shape index (κ2) is 7.36. The number of hydrogen-bond acceptors (Lipinski definition) is 3. The highest BCUT2D eigenvalue weighted by Gasteiger charge is 2.10. The fourth-order valence-electron chi connectivity index (χ4n) is 2.17. The van der Waals surface area contributed by atoms with Gasteiger partial charge in [-0.3, -0.25) is 0 Å². The van der Waals surface area contributed by atoms with Crippen LogP contribution < -0.4 is 5.73 Å². The highest BCUT2D eigenvalue weighted by Crippen LogP contribution is 2.16. The van der Waals surface area contributed by atoms with E-state index in [1.807, 2.05) is 18.2 Å². The second-order valence-electron chi connectivity index (χ2n) is 4.78. The first kappa shape index (κ1) is 14.9. The second-order valence-corrected chi connectivity index (χ2v) is 5.30. The van der Waals surface area contributed by atoms with E-state index < -0.39 is 0 Å². The van der Waals surface area contributed by atoms with Gasteiger partial charge in [0.25, 0.3) is 0 Å². The van der Waals surface area contributed by atoms with E-state index in [1.165, 1.54) is 0 Å². The molecule has 108 valence electrons. The zero-order valence-corrected chi connectivity index (χ0v) is 12.7. The molecule has 0 unspecified atom stereocenters. The van der Waals surface area contributed by atoms with Crippen molar-refractivity contribution in [2.75, 3.05) is 13.2 Å². The van der Waals surface area contributed by atoms with E-state index in [0.717, 1.165) is 42.9 Å². The Hall–Kier alpha value is -1.46. The zero-order chi connectivity index (χ0) is 14.4. The number of unbranched alkanes of at least 4 members (excludes halogenated alkanes) is 1. The Labute approximate surface area is 124 Å². The van der Waals surface area contributed by atoms with Crippen molar-refractivity contribution in [1.82, 2.24) is 9.55 Å². The summed E-state index contributed by atoms with van der Waals surface area (Å²) in [6, 6.07) is 8.08. The highest BCUT2D eigenvalue weighted by atomic mass is 32.1. The van der Waals surface area contributed by atoms with Gasteiger partial charge < -0.3 is 15.0 Å². The number of nitrogens with two attached hydrogens (primary N) is 1. The molecule has 2 aromatic rings. The van der Waals surface area contributed by atoms with Crippen molar-refractivity contribution in [3.05, 3.63) is 30.1 Å². The van der Waals surface area contributed by atoms with Crippen LogP contribution in [0.2, 0.25) is 0 Å². The minimum atomic E-state index is 0.466. The van der Waals surface area contributed by atoms with Crippen LogP contribution in [-0.2, 0) is 17.7 Å². The van der Waals surface area contributed by atoms with Gasteiger partial charge in [-0.15, -0.1) is 0 Å². The van der Waals surface area contributed by atoms with Gasteiger partial charge in [0.2, 0.25) is 0 Å². The number of ether oxygens (including phenoxy) is 1. The molecule has 0 fully saturated rings. The molecule has 0 radical (unpaired) electrons. The maximum absolute atomic E-state index is 5.66. The Bertz CT molecular complexity index is 580. The summed E-state index contributed by atoms with van der Waals surface area (Å²) in [6.45, 7) is 4.44. The Morgan fingerprint density at radius 3 is 2.90 bits per heavy atom. The molecule has 20 heavy (non-hydrogen) atoms. The first-order valence-corrected chi connectivity index (χ1v) is 7.43. The molecule has 0 atom stereocenters. The lowest BCUT2D eigenvalue weighted by molar-refractivity contribution is 0.124. The van der Waals surface area contributed by atoms with E-state index in [9.17, 15) is 0 Å². The minimum Gasteiger partial charge on any atom is -0.393 e. The molecule has 1 aromatic heterocycles. The fraction of sp³-hybridized carbons (Fsp3) is 0.467. The SMILES string of the molecule is CCCCOCCn1c(CC(N)=S)nc2ccccc21. The molecule has 1 heterocycles. The van der Waals surface area contributed by atoms with Crippen molar-refractivity contribution in [2.45, 2.75) is 32.7 Å². The number of thiocarbonyl (C=S) groups is 1. The number of nitrogens with zero attached hydrogens (tertiary/aromatic N) is 2. The monoisotopic (exact) mass is 291 g/mol. The third-order valence-corrected chi connectivity index (χ3v) is 3.31. The van der Waals surface area contributed by atoms with Gasteiger partial charge in [0.1, 0.15) is 5.82 Å². The molecule has 0 aliphatic rings. The van der Waals surface area contributed by atoms with Gasteiger partial charge in [0, 0.05) is 13.2 Å². The number of hydrogen-bond donors (Lipinski definition) is 1. The lowest BCUT2D eigenvalue weighted by Gasteiger charge is -2.09. The molecule has 0 aliphatic heterocycles. The molecule has 2 N–H and O–H groups in total. The molecule has 0 amide bonds. The Morgan fingerprint density at radius 2 is 2.15 bits per heavy atom. The van der Waals surface area contributed by atoms with Crippen molar-refractivity contribution in [2.24, 2.45) is 5.73 Å². The van der Waals surface area contributed by atoms with Gasteiger partial charge in [-0.1, -0.05) is 37.7 Å². The standard InChI is InChI=1S/C15H21N3OS/c1-2-3-9-19-10-8-18-13-7-5-4-6-12(13)17-15(18)11-14(16)20/h4-7H,2-3,8-11H2,1H3,(H2,16,20). The summed E-state index contributed by atoms with van der Waals surface area (Å²) in [7, 11) is 0. The largest absolute Gasteiger partial charge is 0.393 e. The average molecular weight is 291 g/mol. The third-order valence-electron chi connectivity index (χ3n) is 3.17. The zero-order valence-electron chi connectivity index (χ0n) is 11.8. The number of fused-ring (bicyclic) bond motifs is 1. The maximum Gasteiger partial charge on any atom is 0.116 e. The number of benzene rings is 1. The molecular formula is C15H21N3OS. The van der Waals surface area contributed by atoms with Crippen LogP contribution in [0.5, 0.6) is 0 Å². The number of rotatable bonds is 8. The first-order valence-electron chi connectivity index (χ1n) is 7.02. The summed E-state index contributed by atoms with van der Waals surface area (Å²) >= 11 is 5.00. The number of imidazole rings is 1. The van der Waals surface area contributed by atoms with E-state index in [-0.39, 0.29) is 0 Å². The van der Waals surface area contributed by atoms with Crippen molar-refractivity contribution in [3.8, 4) is 0 Å². The minimum absolute atomic E-state index is 0.466. The molecule has 4 nitrogen and oxygen atoms in total. The van der Waals surface area contributed by atoms with Crippen LogP contribution in [0, 0.1) is 0 Å². The molecule has 1 aromatic carbocycles. The fourth-order valence-corrected chi connectivity index (χ4v) is 2.30. The summed E-state index contributed by atoms with van der Waals surface area (Å²) in [5, 5.41) is 0. The van der Waals surface area contributed by atoms with Crippen molar-refractivity contribution in [1.29, 1.82) is 0 Å². The van der Waals surface area contributed by atoms with Crippen LogP contribution >= 0.6 is 12.2 Å². The van der Waals surface area contributed by atoms with Gasteiger partial charge in [-0.2, -0.15) is 0 Å². The lowest BCUT2D eigenvalue weighted by atomic mass is 10.3. The Balaban J connectivity index is 2.13. The smallest absolute Gasteiger partial charge is 0.116 e. The number of aromatic nitrogens is 2. The highest BCUT2D eigenvalue weighted by molar-refractivity contribution is 7.80. The molecule has 2 rings (SSSR count). The maximum atomic E-state index is 5.66. The Morgan fingerprint density at radius 1 is 1.35 bits per heavy atom. The van der Waals surface area contributed by atoms with Crippen LogP contribution in [0.1, 0.15) is 25.6 Å². The summed E-state index contributed by atoms with van der Waals surface area (Å²) in [6.07, 6.45) is 2.78. The van der Waals surface area contributed by atoms with Gasteiger partial charge in [0.05, 0.1) is 29.0 Å². The normalized spacial score (nSPS) is 11.1. The molecule has 0 saturated heterocycles. The average Bonchev–Trinajstić information content (AvgIpc) is 2.75. The van der Waals surface area contributed by atoms with Crippen LogP contribution in [-0.4, -0.2) is 27.8 Å². The quantitative estimate of drug-likeness (QED) is 0.600. The van der Waals surface area contributed by atoms with Crippen LogP contribution in [0.25, 0.3) is 11.0 Å². The summed E-state index contributed by atoms with van der Waals surface area (Å²) in [4.78, 5) is 5.07.